The third kappa shape index (κ3) is 6.63. The Bertz CT molecular complexity index is 1560. The number of nitrogens with one attached hydrogen (secondary N) is 2. The SMILES string of the molecule is C[C@@H](C(=O)Nc1cnc(Oc2ccc(F)cc2F)cn1)N1CCN(C(=O)c2cn(CCO)c(=O)c(=O)[nH]2)C(C)(C)C1. The predicted octanol–water partition coefficient (Wildman–Crippen LogP) is 0.953. The summed E-state index contributed by atoms with van der Waals surface area (Å²) in [7, 11) is 0. The Morgan fingerprint density at radius 1 is 1.20 bits per heavy atom. The highest BCUT2D eigenvalue weighted by Gasteiger charge is 2.40. The second kappa shape index (κ2) is 11.9. The number of piperazine rings is 1. The Kier molecular flexibility index (Phi) is 8.58. The van der Waals surface area contributed by atoms with Gasteiger partial charge in [0.15, 0.2) is 17.4 Å². The van der Waals surface area contributed by atoms with Gasteiger partial charge in [0.2, 0.25) is 11.8 Å². The number of hydrogen-bond acceptors (Lipinski definition) is 9. The number of halogens is 2. The van der Waals surface area contributed by atoms with E-state index in [1.807, 2.05) is 18.7 Å². The first-order chi connectivity index (χ1) is 19.4. The number of H-pyrrole nitrogens is 1. The van der Waals surface area contributed by atoms with Gasteiger partial charge in [0.25, 0.3) is 5.91 Å². The molecule has 15 heteroatoms. The fraction of sp³-hybridized carbons (Fsp3) is 0.385. The van der Waals surface area contributed by atoms with E-state index in [1.54, 1.807) is 11.8 Å². The summed E-state index contributed by atoms with van der Waals surface area (Å²) in [6, 6.07) is 2.21. The van der Waals surface area contributed by atoms with E-state index in [1.165, 1.54) is 18.6 Å². The van der Waals surface area contributed by atoms with E-state index in [2.05, 4.69) is 20.3 Å². The van der Waals surface area contributed by atoms with Crippen LogP contribution in [0.4, 0.5) is 14.6 Å². The molecule has 3 aromatic rings. The number of benzene rings is 1. The average molecular weight is 574 g/mol. The van der Waals surface area contributed by atoms with Gasteiger partial charge in [-0.2, -0.15) is 0 Å². The highest BCUT2D eigenvalue weighted by molar-refractivity contribution is 5.94. The molecule has 3 N–H and O–H groups in total. The maximum Gasteiger partial charge on any atom is 0.316 e. The van der Waals surface area contributed by atoms with Crippen LogP contribution in [0, 0.1) is 11.6 Å². The highest BCUT2D eigenvalue weighted by atomic mass is 19.1. The highest BCUT2D eigenvalue weighted by Crippen LogP contribution is 2.25. The van der Waals surface area contributed by atoms with E-state index < -0.39 is 40.2 Å². The molecule has 1 atom stereocenters. The molecule has 1 fully saturated rings. The molecule has 1 saturated heterocycles. The van der Waals surface area contributed by atoms with E-state index in [9.17, 15) is 28.0 Å². The van der Waals surface area contributed by atoms with E-state index in [-0.39, 0.29) is 48.7 Å². The van der Waals surface area contributed by atoms with E-state index in [0.717, 1.165) is 16.7 Å². The van der Waals surface area contributed by atoms with Crippen molar-refractivity contribution in [3.05, 3.63) is 74.8 Å². The molecule has 13 nitrogen and oxygen atoms in total. The van der Waals surface area contributed by atoms with Gasteiger partial charge in [0, 0.05) is 38.4 Å². The molecule has 1 aliphatic heterocycles. The zero-order valence-electron chi connectivity index (χ0n) is 22.6. The number of carbonyl (C=O) groups is 2. The minimum atomic E-state index is -0.962. The van der Waals surface area contributed by atoms with E-state index in [0.29, 0.717) is 19.2 Å². The number of rotatable bonds is 8. The molecule has 218 valence electrons. The van der Waals surface area contributed by atoms with Gasteiger partial charge in [-0.25, -0.2) is 18.7 Å². The summed E-state index contributed by atoms with van der Waals surface area (Å²) < 4.78 is 33.1. The molecular formula is C26H29F2N7O6. The normalized spacial score (nSPS) is 15.8. The molecule has 1 aliphatic rings. The third-order valence-electron chi connectivity index (χ3n) is 6.65. The fourth-order valence-electron chi connectivity index (χ4n) is 4.48. The molecule has 41 heavy (non-hydrogen) atoms. The zero-order valence-corrected chi connectivity index (χ0v) is 22.6. The summed E-state index contributed by atoms with van der Waals surface area (Å²) in [5.74, 6) is -2.68. The summed E-state index contributed by atoms with van der Waals surface area (Å²) >= 11 is 0. The third-order valence-corrected chi connectivity index (χ3v) is 6.65. The number of carbonyl (C=O) groups excluding carboxylic acids is 2. The fourth-order valence-corrected chi connectivity index (χ4v) is 4.48. The van der Waals surface area contributed by atoms with Crippen LogP contribution in [0.15, 0.2) is 46.4 Å². The number of anilines is 1. The number of aliphatic hydroxyl groups excluding tert-OH is 1. The molecule has 2 aromatic heterocycles. The van der Waals surface area contributed by atoms with Crippen LogP contribution in [-0.4, -0.2) is 84.1 Å². The molecule has 2 amide bonds. The molecule has 0 radical (unpaired) electrons. The monoisotopic (exact) mass is 573 g/mol. The Morgan fingerprint density at radius 2 is 1.95 bits per heavy atom. The quantitative estimate of drug-likeness (QED) is 0.333. The second-order valence-corrected chi connectivity index (χ2v) is 10.0. The largest absolute Gasteiger partial charge is 0.434 e. The van der Waals surface area contributed by atoms with Gasteiger partial charge >= 0.3 is 11.1 Å². The maximum atomic E-state index is 13.8. The molecule has 0 saturated carbocycles. The topological polar surface area (TPSA) is 163 Å². The maximum absolute atomic E-state index is 13.8. The molecule has 0 aliphatic carbocycles. The van der Waals surface area contributed by atoms with Gasteiger partial charge in [0.05, 0.1) is 30.6 Å². The standard InChI is InChI=1S/C26H29F2N7O6/c1-15(22(37)32-20-11-30-21(12-29-20)41-19-5-4-16(27)10-17(19)28)34-6-7-35(26(2,3)14-34)24(39)18-13-33(8-9-36)25(40)23(38)31-18/h4-5,10-13,15,36H,6-9,14H2,1-3H3,(H,31,38)(H,29,32,37)/t15-/m0/s1. The zero-order chi connectivity index (χ0) is 29.9. The lowest BCUT2D eigenvalue weighted by Gasteiger charge is -2.48. The van der Waals surface area contributed by atoms with Gasteiger partial charge < -0.3 is 29.6 Å². The van der Waals surface area contributed by atoms with Gasteiger partial charge in [0.1, 0.15) is 11.5 Å². The second-order valence-electron chi connectivity index (χ2n) is 10.0. The van der Waals surface area contributed by atoms with Crippen molar-refractivity contribution < 1.29 is 28.2 Å². The van der Waals surface area contributed by atoms with Crippen molar-refractivity contribution in [1.29, 1.82) is 0 Å². The lowest BCUT2D eigenvalue weighted by Crippen LogP contribution is -2.63. The number of hydrogen-bond donors (Lipinski definition) is 3. The van der Waals surface area contributed by atoms with Gasteiger partial charge in [-0.3, -0.25) is 24.1 Å². The van der Waals surface area contributed by atoms with E-state index >= 15 is 0 Å². The van der Waals surface area contributed by atoms with Crippen LogP contribution < -0.4 is 21.2 Å². The molecular weight excluding hydrogens is 544 g/mol. The van der Waals surface area contributed by atoms with Crippen molar-refractivity contribution in [3.8, 4) is 11.6 Å². The first-order valence-electron chi connectivity index (χ1n) is 12.7. The molecule has 0 spiro atoms. The number of aromatic amines is 1. The average Bonchev–Trinajstić information content (AvgIpc) is 2.92. The summed E-state index contributed by atoms with van der Waals surface area (Å²) in [6.07, 6.45) is 3.64. The lowest BCUT2D eigenvalue weighted by atomic mass is 9.97. The molecule has 3 heterocycles. The summed E-state index contributed by atoms with van der Waals surface area (Å²) in [5.41, 5.74) is -2.67. The smallest absolute Gasteiger partial charge is 0.316 e. The van der Waals surface area contributed by atoms with Crippen LogP contribution in [0.3, 0.4) is 0 Å². The molecule has 4 rings (SSSR count). The minimum absolute atomic E-state index is 0.0581. The first-order valence-corrected chi connectivity index (χ1v) is 12.7. The van der Waals surface area contributed by atoms with Crippen LogP contribution in [0.2, 0.25) is 0 Å². The van der Waals surface area contributed by atoms with E-state index in [4.69, 9.17) is 9.84 Å². The van der Waals surface area contributed by atoms with Crippen LogP contribution in [0.5, 0.6) is 11.6 Å². The van der Waals surface area contributed by atoms with Crippen LogP contribution in [0.25, 0.3) is 0 Å². The molecule has 0 unspecified atom stereocenters. The van der Waals surface area contributed by atoms with Crippen LogP contribution in [-0.2, 0) is 11.3 Å². The number of amides is 2. The van der Waals surface area contributed by atoms with Gasteiger partial charge in [-0.1, -0.05) is 0 Å². The predicted molar refractivity (Wildman–Crippen MR) is 142 cm³/mol. The summed E-state index contributed by atoms with van der Waals surface area (Å²) in [6.45, 7) is 5.72. The van der Waals surface area contributed by atoms with Crippen LogP contribution >= 0.6 is 0 Å². The number of nitrogens with zero attached hydrogens (tertiary/aromatic N) is 5. The van der Waals surface area contributed by atoms with Crippen molar-refractivity contribution >= 4 is 17.6 Å². The Labute approximate surface area is 232 Å². The Hall–Kier alpha value is -4.50. The van der Waals surface area contributed by atoms with Gasteiger partial charge in [-0.15, -0.1) is 0 Å². The number of aromatic nitrogens is 4. The van der Waals surface area contributed by atoms with Gasteiger partial charge in [-0.05, 0) is 32.9 Å². The van der Waals surface area contributed by atoms with Crippen LogP contribution in [0.1, 0.15) is 31.3 Å². The van der Waals surface area contributed by atoms with Crippen molar-refractivity contribution in [3.63, 3.8) is 0 Å². The van der Waals surface area contributed by atoms with Crippen molar-refractivity contribution in [1.82, 2.24) is 29.3 Å². The minimum Gasteiger partial charge on any atom is -0.434 e. The molecule has 0 bridgehead atoms. The number of aliphatic hydroxyl groups is 1. The lowest BCUT2D eigenvalue weighted by molar-refractivity contribution is -0.122. The summed E-state index contributed by atoms with van der Waals surface area (Å²) in [4.78, 5) is 64.1. The Morgan fingerprint density at radius 3 is 2.59 bits per heavy atom. The summed E-state index contributed by atoms with van der Waals surface area (Å²) in [5, 5.41) is 11.8. The Balaban J connectivity index is 1.38. The van der Waals surface area contributed by atoms with Crippen molar-refractivity contribution in [2.45, 2.75) is 38.9 Å². The first kappa shape index (κ1) is 29.5. The molecule has 1 aromatic carbocycles. The van der Waals surface area contributed by atoms with Crippen molar-refractivity contribution in [2.24, 2.45) is 0 Å². The van der Waals surface area contributed by atoms with Crippen molar-refractivity contribution in [2.75, 3.05) is 31.6 Å². The number of ether oxygens (including phenoxy) is 1.